The van der Waals surface area contributed by atoms with Gasteiger partial charge >= 0.3 is 6.18 Å². The molecular weight excluding hydrogens is 417 g/mol. The zero-order valence-electron chi connectivity index (χ0n) is 16.9. The summed E-state index contributed by atoms with van der Waals surface area (Å²) in [5.74, 6) is 0.622. The third kappa shape index (κ3) is 4.21. The fourth-order valence-electron chi connectivity index (χ4n) is 3.63. The van der Waals surface area contributed by atoms with E-state index in [1.165, 1.54) is 22.7 Å². The molecule has 32 heavy (non-hydrogen) atoms. The van der Waals surface area contributed by atoms with Crippen molar-refractivity contribution in [2.24, 2.45) is 5.92 Å². The molecule has 0 atom stereocenters. The smallest absolute Gasteiger partial charge is 0.322 e. The highest BCUT2D eigenvalue weighted by Crippen LogP contribution is 2.35. The normalized spacial score (nSPS) is 14.0. The van der Waals surface area contributed by atoms with Crippen molar-refractivity contribution < 1.29 is 18.0 Å². The van der Waals surface area contributed by atoms with Gasteiger partial charge in [-0.2, -0.15) is 18.2 Å². The Kier molecular flexibility index (Phi) is 4.92. The lowest BCUT2D eigenvalue weighted by Crippen LogP contribution is -2.09. The lowest BCUT2D eigenvalue weighted by Gasteiger charge is -2.12. The van der Waals surface area contributed by atoms with E-state index in [9.17, 15) is 18.0 Å². The predicted octanol–water partition coefficient (Wildman–Crippen LogP) is 5.68. The fraction of sp³-hybridized carbons (Fsp3) is 0.208. The molecule has 5 rings (SSSR count). The number of hydrogen-bond acceptors (Lipinski definition) is 4. The van der Waals surface area contributed by atoms with Crippen molar-refractivity contribution in [1.82, 2.24) is 14.6 Å². The number of halogens is 3. The number of Topliss-reactive ketones (excluding diaryl/α,β-unsaturated/α-hetero) is 1. The number of ketones is 1. The van der Waals surface area contributed by atoms with Crippen LogP contribution >= 0.6 is 0 Å². The third-order valence-electron chi connectivity index (χ3n) is 5.51. The zero-order chi connectivity index (χ0) is 22.3. The molecule has 2 heterocycles. The molecule has 0 amide bonds. The van der Waals surface area contributed by atoms with Crippen molar-refractivity contribution in [3.63, 3.8) is 0 Å². The predicted molar refractivity (Wildman–Crippen MR) is 115 cm³/mol. The minimum Gasteiger partial charge on any atom is -0.322 e. The minimum atomic E-state index is -4.48. The van der Waals surface area contributed by atoms with E-state index in [1.54, 1.807) is 12.3 Å². The summed E-state index contributed by atoms with van der Waals surface area (Å²) in [6.45, 7) is 0. The number of fused-ring (bicyclic) bond motifs is 1. The minimum absolute atomic E-state index is 0.0767. The van der Waals surface area contributed by atoms with E-state index in [2.05, 4.69) is 15.4 Å². The maximum Gasteiger partial charge on any atom is 0.418 e. The Morgan fingerprint density at radius 1 is 1.00 bits per heavy atom. The van der Waals surface area contributed by atoms with Crippen molar-refractivity contribution >= 4 is 23.1 Å². The first kappa shape index (κ1) is 20.2. The molecule has 0 saturated heterocycles. The highest BCUT2D eigenvalue weighted by Gasteiger charge is 2.33. The van der Waals surface area contributed by atoms with Crippen LogP contribution in [0.5, 0.6) is 0 Å². The summed E-state index contributed by atoms with van der Waals surface area (Å²) < 4.78 is 41.2. The number of aromatic nitrogens is 3. The molecule has 1 N–H and O–H groups in total. The van der Waals surface area contributed by atoms with Gasteiger partial charge in [-0.1, -0.05) is 36.4 Å². The standard InChI is InChI=1S/C24H19F3N4O/c25-24(26,27)19-3-1-2-4-20(19)28-23-29-22-12-11-18(14-31(22)30-23)16-7-5-15(6-8-16)13-21(32)17-9-10-17/h1-8,11-12,14,17H,9-10,13H2,(H,28,30). The number of pyridine rings is 1. The number of rotatable bonds is 6. The van der Waals surface area contributed by atoms with Crippen LogP contribution in [0.4, 0.5) is 24.8 Å². The maximum atomic E-state index is 13.2. The highest BCUT2D eigenvalue weighted by molar-refractivity contribution is 5.85. The molecule has 2 aromatic heterocycles. The SMILES string of the molecule is O=C(Cc1ccc(-c2ccc3nc(Nc4ccccc4C(F)(F)F)nn3c2)cc1)C1CC1. The number of carbonyl (C=O) groups excluding carboxylic acids is 1. The Labute approximate surface area is 181 Å². The molecule has 2 aromatic carbocycles. The number of nitrogens with one attached hydrogen (secondary N) is 1. The molecule has 0 aliphatic heterocycles. The van der Waals surface area contributed by atoms with Crippen LogP contribution in [0.25, 0.3) is 16.8 Å². The second-order valence-corrected chi connectivity index (χ2v) is 7.94. The van der Waals surface area contributed by atoms with Gasteiger partial charge in [-0.3, -0.25) is 4.79 Å². The molecule has 1 fully saturated rings. The van der Waals surface area contributed by atoms with E-state index in [4.69, 9.17) is 0 Å². The number of anilines is 2. The average molecular weight is 436 g/mol. The van der Waals surface area contributed by atoms with Crippen LogP contribution in [0.15, 0.2) is 66.9 Å². The molecule has 0 bridgehead atoms. The van der Waals surface area contributed by atoms with Gasteiger partial charge in [-0.25, -0.2) is 4.52 Å². The monoisotopic (exact) mass is 436 g/mol. The number of hydrogen-bond donors (Lipinski definition) is 1. The molecular formula is C24H19F3N4O. The molecule has 8 heteroatoms. The van der Waals surface area contributed by atoms with Gasteiger partial charge < -0.3 is 5.32 Å². The number of para-hydroxylation sites is 1. The Hall–Kier alpha value is -3.68. The molecule has 5 nitrogen and oxygen atoms in total. The Bertz CT molecular complexity index is 1290. The molecule has 1 saturated carbocycles. The molecule has 4 aromatic rings. The first-order chi connectivity index (χ1) is 15.4. The van der Waals surface area contributed by atoms with Crippen LogP contribution in [-0.4, -0.2) is 20.4 Å². The molecule has 162 valence electrons. The van der Waals surface area contributed by atoms with E-state index in [0.717, 1.165) is 35.6 Å². The summed E-state index contributed by atoms with van der Waals surface area (Å²) in [5, 5.41) is 6.96. The topological polar surface area (TPSA) is 59.3 Å². The van der Waals surface area contributed by atoms with Gasteiger partial charge in [0.15, 0.2) is 5.65 Å². The lowest BCUT2D eigenvalue weighted by atomic mass is 10.0. The van der Waals surface area contributed by atoms with Gasteiger partial charge in [0, 0.05) is 24.1 Å². The van der Waals surface area contributed by atoms with E-state index in [-0.39, 0.29) is 17.6 Å². The summed E-state index contributed by atoms with van der Waals surface area (Å²) in [4.78, 5) is 16.3. The van der Waals surface area contributed by atoms with E-state index in [0.29, 0.717) is 17.9 Å². The van der Waals surface area contributed by atoms with Gasteiger partial charge in [-0.15, -0.1) is 5.10 Å². The molecule has 1 aliphatic rings. The quantitative estimate of drug-likeness (QED) is 0.423. The van der Waals surface area contributed by atoms with Crippen LogP contribution in [-0.2, 0) is 17.4 Å². The van der Waals surface area contributed by atoms with Gasteiger partial charge in [0.2, 0.25) is 5.95 Å². The van der Waals surface area contributed by atoms with Crippen LogP contribution in [0.2, 0.25) is 0 Å². The van der Waals surface area contributed by atoms with Crippen molar-refractivity contribution in [3.05, 3.63) is 78.0 Å². The zero-order valence-corrected chi connectivity index (χ0v) is 16.9. The summed E-state index contributed by atoms with van der Waals surface area (Å²) >= 11 is 0. The molecule has 0 spiro atoms. The number of carbonyl (C=O) groups is 1. The van der Waals surface area contributed by atoms with E-state index >= 15 is 0 Å². The first-order valence-electron chi connectivity index (χ1n) is 10.3. The van der Waals surface area contributed by atoms with Crippen LogP contribution < -0.4 is 5.32 Å². The molecule has 0 radical (unpaired) electrons. The first-order valence-corrected chi connectivity index (χ1v) is 10.3. The van der Waals surface area contributed by atoms with E-state index in [1.807, 2.05) is 30.3 Å². The maximum absolute atomic E-state index is 13.2. The van der Waals surface area contributed by atoms with Gasteiger partial charge in [0.25, 0.3) is 0 Å². The van der Waals surface area contributed by atoms with Crippen molar-refractivity contribution in [3.8, 4) is 11.1 Å². The Balaban J connectivity index is 1.37. The average Bonchev–Trinajstić information content (AvgIpc) is 3.54. The summed E-state index contributed by atoms with van der Waals surface area (Å²) in [6, 6.07) is 16.6. The van der Waals surface area contributed by atoms with E-state index < -0.39 is 11.7 Å². The Morgan fingerprint density at radius 2 is 1.72 bits per heavy atom. The van der Waals surface area contributed by atoms with Gasteiger partial charge in [0.1, 0.15) is 5.78 Å². The highest BCUT2D eigenvalue weighted by atomic mass is 19.4. The number of benzene rings is 2. The Morgan fingerprint density at radius 3 is 2.44 bits per heavy atom. The number of alkyl halides is 3. The second-order valence-electron chi connectivity index (χ2n) is 7.94. The summed E-state index contributed by atoms with van der Waals surface area (Å²) in [7, 11) is 0. The number of nitrogens with zero attached hydrogens (tertiary/aromatic N) is 3. The van der Waals surface area contributed by atoms with Crippen molar-refractivity contribution in [1.29, 1.82) is 0 Å². The van der Waals surface area contributed by atoms with Crippen LogP contribution in [0, 0.1) is 5.92 Å². The summed E-state index contributed by atoms with van der Waals surface area (Å²) in [6.07, 6.45) is -0.235. The molecule has 0 unspecified atom stereocenters. The van der Waals surface area contributed by atoms with Crippen LogP contribution in [0.3, 0.4) is 0 Å². The lowest BCUT2D eigenvalue weighted by molar-refractivity contribution is -0.137. The van der Waals surface area contributed by atoms with Crippen molar-refractivity contribution in [2.45, 2.75) is 25.4 Å². The molecule has 1 aliphatic carbocycles. The second kappa shape index (κ2) is 7.78. The van der Waals surface area contributed by atoms with Gasteiger partial charge in [0.05, 0.1) is 11.3 Å². The van der Waals surface area contributed by atoms with Crippen LogP contribution in [0.1, 0.15) is 24.0 Å². The largest absolute Gasteiger partial charge is 0.418 e. The third-order valence-corrected chi connectivity index (χ3v) is 5.51. The van der Waals surface area contributed by atoms with Gasteiger partial charge in [-0.05, 0) is 48.2 Å². The van der Waals surface area contributed by atoms with Crippen molar-refractivity contribution in [2.75, 3.05) is 5.32 Å². The summed E-state index contributed by atoms with van der Waals surface area (Å²) in [5.41, 5.74) is 2.44. The fourth-order valence-corrected chi connectivity index (χ4v) is 3.63.